The molecule has 0 atom stereocenters. The third kappa shape index (κ3) is 5.53. The number of anilines is 1. The van der Waals surface area contributed by atoms with E-state index in [1.54, 1.807) is 24.4 Å². The minimum Gasteiger partial charge on any atom is -0.396 e. The van der Waals surface area contributed by atoms with E-state index in [1.165, 1.54) is 12.1 Å². The number of rotatable bonds is 8. The lowest BCUT2D eigenvalue weighted by Crippen LogP contribution is -2.39. The maximum atomic E-state index is 13.5. The second-order valence-corrected chi connectivity index (χ2v) is 8.77. The summed E-state index contributed by atoms with van der Waals surface area (Å²) in [6.45, 7) is 4.07. The molecule has 1 aliphatic heterocycles. The SMILES string of the molecule is CN(C)CCNc1nccc(-c2[nH]c(C3OCC(C)(CO)CO3)nc2-c2ccc(F)cc2)n1. The summed E-state index contributed by atoms with van der Waals surface area (Å²) in [6, 6.07) is 7.90. The molecule has 0 spiro atoms. The highest BCUT2D eigenvalue weighted by molar-refractivity contribution is 5.77. The fourth-order valence-electron chi connectivity index (χ4n) is 3.37. The number of imidazole rings is 1. The van der Waals surface area contributed by atoms with Crippen LogP contribution in [-0.4, -0.2) is 76.9 Å². The fraction of sp³-hybridized carbons (Fsp3) is 0.435. The molecule has 1 saturated heterocycles. The van der Waals surface area contributed by atoms with Crippen LogP contribution in [0.2, 0.25) is 0 Å². The molecule has 0 bridgehead atoms. The Balaban J connectivity index is 1.66. The fourth-order valence-corrected chi connectivity index (χ4v) is 3.37. The standard InChI is InChI=1S/C23H29FN6O3/c1-23(12-31)13-32-21(33-14-23)20-28-18(15-4-6-16(24)7-5-15)19(29-20)17-8-9-25-22(27-17)26-10-11-30(2)3/h4-9,21,31H,10-14H2,1-3H3,(H,28,29)(H,25,26,27). The molecular weight excluding hydrogens is 427 g/mol. The monoisotopic (exact) mass is 456 g/mol. The number of hydrogen-bond acceptors (Lipinski definition) is 8. The van der Waals surface area contributed by atoms with Gasteiger partial charge in [-0.2, -0.15) is 0 Å². The van der Waals surface area contributed by atoms with E-state index >= 15 is 0 Å². The summed E-state index contributed by atoms with van der Waals surface area (Å²) in [4.78, 5) is 19.0. The lowest BCUT2D eigenvalue weighted by Gasteiger charge is -2.35. The molecule has 1 aromatic carbocycles. The van der Waals surface area contributed by atoms with Crippen molar-refractivity contribution < 1.29 is 19.0 Å². The van der Waals surface area contributed by atoms with Crippen LogP contribution in [0.3, 0.4) is 0 Å². The average Bonchev–Trinajstić information content (AvgIpc) is 3.25. The third-order valence-corrected chi connectivity index (χ3v) is 5.36. The van der Waals surface area contributed by atoms with Crippen LogP contribution in [0.25, 0.3) is 22.6 Å². The number of aromatic amines is 1. The predicted octanol–water partition coefficient (Wildman–Crippen LogP) is 2.69. The van der Waals surface area contributed by atoms with E-state index in [0.29, 0.717) is 48.6 Å². The van der Waals surface area contributed by atoms with Gasteiger partial charge in [-0.3, -0.25) is 0 Å². The van der Waals surface area contributed by atoms with Crippen LogP contribution in [0.15, 0.2) is 36.5 Å². The van der Waals surface area contributed by atoms with Gasteiger partial charge in [0, 0.05) is 30.3 Å². The number of hydrogen-bond donors (Lipinski definition) is 3. The first-order valence-corrected chi connectivity index (χ1v) is 10.8. The molecule has 3 N–H and O–H groups in total. The lowest BCUT2D eigenvalue weighted by atomic mass is 9.94. The van der Waals surface area contributed by atoms with E-state index in [4.69, 9.17) is 14.5 Å². The van der Waals surface area contributed by atoms with Crippen molar-refractivity contribution in [3.05, 3.63) is 48.2 Å². The van der Waals surface area contributed by atoms with Crippen LogP contribution < -0.4 is 5.32 Å². The van der Waals surface area contributed by atoms with Gasteiger partial charge in [0.1, 0.15) is 5.82 Å². The smallest absolute Gasteiger partial charge is 0.223 e. The highest BCUT2D eigenvalue weighted by Gasteiger charge is 2.34. The van der Waals surface area contributed by atoms with Crippen LogP contribution in [0.1, 0.15) is 19.0 Å². The van der Waals surface area contributed by atoms with Crippen molar-refractivity contribution >= 4 is 5.95 Å². The van der Waals surface area contributed by atoms with Gasteiger partial charge >= 0.3 is 0 Å². The first kappa shape index (κ1) is 23.2. The molecule has 0 radical (unpaired) electrons. The Morgan fingerprint density at radius 2 is 1.91 bits per heavy atom. The van der Waals surface area contributed by atoms with Crippen molar-refractivity contribution in [2.24, 2.45) is 5.41 Å². The van der Waals surface area contributed by atoms with Gasteiger partial charge in [0.15, 0.2) is 5.82 Å². The summed E-state index contributed by atoms with van der Waals surface area (Å²) in [7, 11) is 4.00. The number of H-pyrrole nitrogens is 1. The van der Waals surface area contributed by atoms with E-state index in [1.807, 2.05) is 21.0 Å². The minimum absolute atomic E-state index is 0.0332. The molecule has 176 valence electrons. The molecule has 33 heavy (non-hydrogen) atoms. The largest absolute Gasteiger partial charge is 0.396 e. The lowest BCUT2D eigenvalue weighted by molar-refractivity contribution is -0.239. The van der Waals surface area contributed by atoms with Gasteiger partial charge in [-0.05, 0) is 44.4 Å². The third-order valence-electron chi connectivity index (χ3n) is 5.36. The van der Waals surface area contributed by atoms with Gasteiger partial charge in [-0.1, -0.05) is 6.92 Å². The van der Waals surface area contributed by atoms with Crippen molar-refractivity contribution in [1.29, 1.82) is 0 Å². The molecule has 0 aliphatic carbocycles. The van der Waals surface area contributed by atoms with E-state index in [2.05, 4.69) is 25.2 Å². The number of aliphatic hydroxyl groups excluding tert-OH is 1. The Morgan fingerprint density at radius 1 is 1.18 bits per heavy atom. The van der Waals surface area contributed by atoms with Crippen LogP contribution >= 0.6 is 0 Å². The Labute approximate surface area is 192 Å². The zero-order chi connectivity index (χ0) is 23.4. The zero-order valence-corrected chi connectivity index (χ0v) is 19.0. The molecule has 0 unspecified atom stereocenters. The highest BCUT2D eigenvalue weighted by atomic mass is 19.1. The normalized spacial score (nSPS) is 20.8. The molecule has 3 aromatic rings. The molecule has 10 heteroatoms. The summed E-state index contributed by atoms with van der Waals surface area (Å²) in [5, 5.41) is 12.8. The maximum absolute atomic E-state index is 13.5. The number of aromatic nitrogens is 4. The quantitative estimate of drug-likeness (QED) is 0.475. The van der Waals surface area contributed by atoms with Gasteiger partial charge < -0.3 is 29.8 Å². The van der Waals surface area contributed by atoms with Crippen molar-refractivity contribution in [3.63, 3.8) is 0 Å². The van der Waals surface area contributed by atoms with E-state index in [9.17, 15) is 9.50 Å². The molecule has 2 aromatic heterocycles. The number of likely N-dealkylation sites (N-methyl/N-ethyl adjacent to an activating group) is 1. The summed E-state index contributed by atoms with van der Waals surface area (Å²) in [5.74, 6) is 0.650. The summed E-state index contributed by atoms with van der Waals surface area (Å²) in [5.41, 5.74) is 2.16. The Kier molecular flexibility index (Phi) is 6.99. The molecule has 3 heterocycles. The zero-order valence-electron chi connectivity index (χ0n) is 19.0. The number of ether oxygens (including phenoxy) is 2. The van der Waals surface area contributed by atoms with E-state index in [0.717, 1.165) is 12.1 Å². The Morgan fingerprint density at radius 3 is 2.58 bits per heavy atom. The highest BCUT2D eigenvalue weighted by Crippen LogP contribution is 2.35. The number of nitrogens with one attached hydrogen (secondary N) is 2. The van der Waals surface area contributed by atoms with Gasteiger partial charge in [-0.15, -0.1) is 0 Å². The van der Waals surface area contributed by atoms with Crippen LogP contribution in [0, 0.1) is 11.2 Å². The summed E-state index contributed by atoms with van der Waals surface area (Å²) < 4.78 is 25.2. The van der Waals surface area contributed by atoms with Crippen molar-refractivity contribution in [1.82, 2.24) is 24.8 Å². The first-order chi connectivity index (χ1) is 15.9. The number of nitrogens with zero attached hydrogens (tertiary/aromatic N) is 4. The first-order valence-electron chi connectivity index (χ1n) is 10.8. The van der Waals surface area contributed by atoms with Gasteiger partial charge in [0.05, 0.1) is 36.9 Å². The second kappa shape index (κ2) is 9.92. The van der Waals surface area contributed by atoms with Gasteiger partial charge in [0.25, 0.3) is 0 Å². The maximum Gasteiger partial charge on any atom is 0.223 e. The predicted molar refractivity (Wildman–Crippen MR) is 122 cm³/mol. The van der Waals surface area contributed by atoms with E-state index < -0.39 is 11.7 Å². The molecule has 1 fully saturated rings. The number of benzene rings is 1. The topological polar surface area (TPSA) is 108 Å². The molecule has 9 nitrogen and oxygen atoms in total. The summed E-state index contributed by atoms with van der Waals surface area (Å²) in [6.07, 6.45) is 0.965. The molecular formula is C23H29FN6O3. The molecule has 0 saturated carbocycles. The second-order valence-electron chi connectivity index (χ2n) is 8.77. The van der Waals surface area contributed by atoms with Crippen LogP contribution in [0.4, 0.5) is 10.3 Å². The minimum atomic E-state index is -0.711. The van der Waals surface area contributed by atoms with Crippen molar-refractivity contribution in [2.75, 3.05) is 52.3 Å². The molecule has 0 amide bonds. The van der Waals surface area contributed by atoms with E-state index in [-0.39, 0.29) is 12.4 Å². The number of aliphatic hydroxyl groups is 1. The Bertz CT molecular complexity index is 1060. The molecule has 1 aliphatic rings. The Hall–Kier alpha value is -2.92. The van der Waals surface area contributed by atoms with Crippen molar-refractivity contribution in [3.8, 4) is 22.6 Å². The van der Waals surface area contributed by atoms with Crippen molar-refractivity contribution in [2.45, 2.75) is 13.2 Å². The average molecular weight is 457 g/mol. The van der Waals surface area contributed by atoms with Crippen LogP contribution in [0.5, 0.6) is 0 Å². The van der Waals surface area contributed by atoms with Gasteiger partial charge in [-0.25, -0.2) is 19.3 Å². The number of halogens is 1. The van der Waals surface area contributed by atoms with Gasteiger partial charge in [0.2, 0.25) is 12.2 Å². The molecule has 4 rings (SSSR count). The summed E-state index contributed by atoms with van der Waals surface area (Å²) >= 11 is 0. The van der Waals surface area contributed by atoms with Crippen LogP contribution in [-0.2, 0) is 9.47 Å².